The third-order valence-corrected chi connectivity index (χ3v) is 4.51. The first-order chi connectivity index (χ1) is 9.38. The van der Waals surface area contributed by atoms with E-state index in [0.29, 0.717) is 19.5 Å². The zero-order valence-corrected chi connectivity index (χ0v) is 12.6. The molecule has 1 heterocycles. The highest BCUT2D eigenvalue weighted by atomic mass is 32.2. The van der Waals surface area contributed by atoms with Crippen LogP contribution in [0.1, 0.15) is 23.7 Å². The summed E-state index contributed by atoms with van der Waals surface area (Å²) in [6.45, 7) is 2.77. The van der Waals surface area contributed by atoms with E-state index in [0.717, 1.165) is 11.1 Å². The summed E-state index contributed by atoms with van der Waals surface area (Å²) in [4.78, 5) is 13.7. The lowest BCUT2D eigenvalue weighted by Crippen LogP contribution is -2.32. The van der Waals surface area contributed by atoms with Crippen molar-refractivity contribution < 1.29 is 13.2 Å². The molecule has 1 unspecified atom stereocenters. The van der Waals surface area contributed by atoms with Gasteiger partial charge in [-0.2, -0.15) is 0 Å². The molecule has 0 aliphatic carbocycles. The van der Waals surface area contributed by atoms with Gasteiger partial charge in [0.2, 0.25) is 5.91 Å². The molecule has 0 saturated carbocycles. The Bertz CT molecular complexity index is 598. The van der Waals surface area contributed by atoms with Crippen LogP contribution in [-0.4, -0.2) is 44.3 Å². The predicted molar refractivity (Wildman–Crippen MR) is 78.0 cm³/mol. The molecule has 0 aromatic heterocycles. The van der Waals surface area contributed by atoms with E-state index in [4.69, 9.17) is 0 Å². The van der Waals surface area contributed by atoms with E-state index < -0.39 is 9.84 Å². The summed E-state index contributed by atoms with van der Waals surface area (Å²) in [6, 6.07) is 7.91. The molecule has 20 heavy (non-hydrogen) atoms. The lowest BCUT2D eigenvalue weighted by Gasteiger charge is -2.25. The van der Waals surface area contributed by atoms with Gasteiger partial charge < -0.3 is 4.90 Å². The second-order valence-electron chi connectivity index (χ2n) is 5.21. The molecule has 0 spiro atoms. The fourth-order valence-corrected chi connectivity index (χ4v) is 3.12. The second kappa shape index (κ2) is 5.93. The molecule has 1 saturated heterocycles. The van der Waals surface area contributed by atoms with Crippen molar-refractivity contribution in [2.45, 2.75) is 19.5 Å². The average molecular weight is 296 g/mol. The minimum absolute atomic E-state index is 0.0201. The number of hydrogen-bond acceptors (Lipinski definition) is 4. The molecule has 1 N–H and O–H groups in total. The van der Waals surface area contributed by atoms with Crippen molar-refractivity contribution in [3.63, 3.8) is 0 Å². The van der Waals surface area contributed by atoms with Crippen molar-refractivity contribution in [3.8, 4) is 0 Å². The van der Waals surface area contributed by atoms with E-state index in [1.807, 2.05) is 31.2 Å². The highest BCUT2D eigenvalue weighted by molar-refractivity contribution is 7.90. The monoisotopic (exact) mass is 296 g/mol. The highest BCUT2D eigenvalue weighted by Crippen LogP contribution is 2.25. The first kappa shape index (κ1) is 15.0. The molecule has 0 radical (unpaired) electrons. The molecule has 1 aromatic carbocycles. The van der Waals surface area contributed by atoms with Gasteiger partial charge in [0.25, 0.3) is 0 Å². The van der Waals surface area contributed by atoms with Gasteiger partial charge in [-0.3, -0.25) is 10.1 Å². The van der Waals surface area contributed by atoms with Crippen LogP contribution in [0.4, 0.5) is 0 Å². The Balaban J connectivity index is 2.09. The molecule has 1 atom stereocenters. The molecule has 1 fully saturated rings. The van der Waals surface area contributed by atoms with Gasteiger partial charge in [0.05, 0.1) is 12.3 Å². The largest absolute Gasteiger partial charge is 0.322 e. The molecule has 0 bridgehead atoms. The van der Waals surface area contributed by atoms with Crippen molar-refractivity contribution in [1.29, 1.82) is 0 Å². The van der Waals surface area contributed by atoms with E-state index in [1.165, 1.54) is 6.26 Å². The van der Waals surface area contributed by atoms with Crippen LogP contribution in [0.5, 0.6) is 0 Å². The summed E-state index contributed by atoms with van der Waals surface area (Å²) in [5.41, 5.74) is 2.19. The van der Waals surface area contributed by atoms with Gasteiger partial charge in [-0.15, -0.1) is 0 Å². The third kappa shape index (κ3) is 3.58. The van der Waals surface area contributed by atoms with Gasteiger partial charge >= 0.3 is 0 Å². The zero-order chi connectivity index (χ0) is 14.8. The first-order valence-electron chi connectivity index (χ1n) is 6.64. The normalized spacial score (nSPS) is 19.6. The number of benzene rings is 1. The molecule has 110 valence electrons. The van der Waals surface area contributed by atoms with Crippen molar-refractivity contribution in [1.82, 2.24) is 10.2 Å². The Labute approximate surface area is 119 Å². The van der Waals surface area contributed by atoms with Crippen molar-refractivity contribution in [2.24, 2.45) is 0 Å². The zero-order valence-electron chi connectivity index (χ0n) is 11.8. The quantitative estimate of drug-likeness (QED) is 0.875. The van der Waals surface area contributed by atoms with Crippen molar-refractivity contribution >= 4 is 15.7 Å². The van der Waals surface area contributed by atoms with Gasteiger partial charge in [0, 0.05) is 12.8 Å². The summed E-state index contributed by atoms with van der Waals surface area (Å²) in [7, 11) is -2.98. The van der Waals surface area contributed by atoms with Gasteiger partial charge in [0.1, 0.15) is 16.0 Å². The average Bonchev–Trinajstić information content (AvgIpc) is 2.70. The number of carbonyl (C=O) groups is 1. The maximum absolute atomic E-state index is 11.9. The Morgan fingerprint density at radius 1 is 1.35 bits per heavy atom. The minimum Gasteiger partial charge on any atom is -0.322 e. The Kier molecular flexibility index (Phi) is 4.45. The summed E-state index contributed by atoms with van der Waals surface area (Å²) >= 11 is 0. The first-order valence-corrected chi connectivity index (χ1v) is 8.70. The smallest absolute Gasteiger partial charge is 0.238 e. The van der Waals surface area contributed by atoms with Crippen LogP contribution in [-0.2, 0) is 14.6 Å². The Hall–Kier alpha value is -1.40. The Morgan fingerprint density at radius 2 is 2.05 bits per heavy atom. The van der Waals surface area contributed by atoms with E-state index in [9.17, 15) is 13.2 Å². The fourth-order valence-electron chi connectivity index (χ4n) is 2.46. The number of sulfone groups is 1. The fraction of sp³-hybridized carbons (Fsp3) is 0.500. The molecule has 2 rings (SSSR count). The van der Waals surface area contributed by atoms with Crippen molar-refractivity contribution in [3.05, 3.63) is 35.4 Å². The van der Waals surface area contributed by atoms with Crippen LogP contribution < -0.4 is 5.32 Å². The lowest BCUT2D eigenvalue weighted by atomic mass is 10.1. The van der Waals surface area contributed by atoms with Crippen LogP contribution in [0.3, 0.4) is 0 Å². The molecule has 1 aliphatic heterocycles. The van der Waals surface area contributed by atoms with Gasteiger partial charge in [-0.05, 0) is 24.5 Å². The summed E-state index contributed by atoms with van der Waals surface area (Å²) in [5, 5.41) is 3.19. The molecule has 5 nitrogen and oxygen atoms in total. The van der Waals surface area contributed by atoms with Gasteiger partial charge in [-0.25, -0.2) is 8.42 Å². The van der Waals surface area contributed by atoms with Crippen LogP contribution in [0.25, 0.3) is 0 Å². The summed E-state index contributed by atoms with van der Waals surface area (Å²) in [6.07, 6.45) is 1.54. The maximum Gasteiger partial charge on any atom is 0.238 e. The molecular weight excluding hydrogens is 276 g/mol. The number of rotatable bonds is 5. The highest BCUT2D eigenvalue weighted by Gasteiger charge is 2.31. The number of amides is 1. The van der Waals surface area contributed by atoms with E-state index in [1.54, 1.807) is 4.90 Å². The van der Waals surface area contributed by atoms with Gasteiger partial charge in [0.15, 0.2) is 0 Å². The lowest BCUT2D eigenvalue weighted by molar-refractivity contribution is -0.128. The number of carbonyl (C=O) groups excluding carboxylic acids is 1. The topological polar surface area (TPSA) is 66.5 Å². The molecule has 6 heteroatoms. The molecule has 1 aromatic rings. The van der Waals surface area contributed by atoms with Crippen LogP contribution in [0.2, 0.25) is 0 Å². The maximum atomic E-state index is 11.9. The van der Waals surface area contributed by atoms with Gasteiger partial charge in [-0.1, -0.05) is 24.3 Å². The molecule has 1 aliphatic rings. The third-order valence-electron chi connectivity index (χ3n) is 3.48. The second-order valence-corrected chi connectivity index (χ2v) is 7.47. The number of nitrogens with zero attached hydrogens (tertiary/aromatic N) is 1. The van der Waals surface area contributed by atoms with E-state index in [2.05, 4.69) is 5.32 Å². The number of nitrogens with one attached hydrogen (secondary N) is 1. The summed E-state index contributed by atoms with van der Waals surface area (Å²) in [5.74, 6) is 0.129. The van der Waals surface area contributed by atoms with Crippen LogP contribution in [0, 0.1) is 6.92 Å². The molecular formula is C14H20N2O3S. The standard InChI is InChI=1S/C14H20N2O3S/c1-11-6-3-4-7-12(11)14-15-10-13(17)16(14)8-5-9-20(2,18)19/h3-4,6-7,14-15H,5,8-10H2,1-2H3. The predicted octanol–water partition coefficient (Wildman–Crippen LogP) is 0.860. The van der Waals surface area contributed by atoms with Crippen molar-refractivity contribution in [2.75, 3.05) is 25.1 Å². The number of aryl methyl sites for hydroxylation is 1. The van der Waals surface area contributed by atoms with Crippen LogP contribution in [0.15, 0.2) is 24.3 Å². The number of hydrogen-bond donors (Lipinski definition) is 1. The Morgan fingerprint density at radius 3 is 2.70 bits per heavy atom. The minimum atomic E-state index is -2.98. The molecule has 1 amide bonds. The van der Waals surface area contributed by atoms with E-state index >= 15 is 0 Å². The van der Waals surface area contributed by atoms with E-state index in [-0.39, 0.29) is 17.8 Å². The summed E-state index contributed by atoms with van der Waals surface area (Å²) < 4.78 is 22.3. The van der Waals surface area contributed by atoms with Crippen LogP contribution >= 0.6 is 0 Å². The SMILES string of the molecule is Cc1ccccc1C1NCC(=O)N1CCCS(C)(=O)=O.